The molecule has 47 heavy (non-hydrogen) atoms. The van der Waals surface area contributed by atoms with Crippen LogP contribution in [0.15, 0.2) is 23.8 Å². The highest BCUT2D eigenvalue weighted by atomic mass is 16.6. The minimum Gasteiger partial charge on any atom is -0.505 e. The number of amides is 2. The van der Waals surface area contributed by atoms with E-state index in [0.717, 1.165) is 32.1 Å². The quantitative estimate of drug-likeness (QED) is 0.0577. The fraction of sp³-hybridized carbons (Fsp3) is 0.657. The van der Waals surface area contributed by atoms with E-state index in [4.69, 9.17) is 30.4 Å². The number of allylic oxidation sites excluding steroid dienone is 2. The molecule has 4 aliphatic rings. The Hall–Kier alpha value is -3.48. The normalized spacial score (nSPS) is 29.7. The van der Waals surface area contributed by atoms with Crippen molar-refractivity contribution in [2.24, 2.45) is 34.3 Å². The lowest BCUT2D eigenvalue weighted by molar-refractivity contribution is -0.140. The number of ketones is 1. The lowest BCUT2D eigenvalue weighted by Gasteiger charge is -2.57. The summed E-state index contributed by atoms with van der Waals surface area (Å²) in [6.07, 6.45) is 10.8. The van der Waals surface area contributed by atoms with Crippen molar-refractivity contribution in [1.29, 1.82) is 0 Å². The summed E-state index contributed by atoms with van der Waals surface area (Å²) in [5.41, 5.74) is 12.0. The lowest BCUT2D eigenvalue weighted by atomic mass is 9.48. The van der Waals surface area contributed by atoms with E-state index < -0.39 is 24.2 Å². The molecular formula is C35H49N3O9. The molecule has 12 nitrogen and oxygen atoms in total. The lowest BCUT2D eigenvalue weighted by Crippen LogP contribution is -2.51. The van der Waals surface area contributed by atoms with Gasteiger partial charge in [0.2, 0.25) is 5.91 Å². The van der Waals surface area contributed by atoms with E-state index in [2.05, 4.69) is 25.2 Å². The first-order valence-electron chi connectivity index (χ1n) is 16.8. The van der Waals surface area contributed by atoms with Crippen molar-refractivity contribution in [1.82, 2.24) is 5.32 Å². The standard InChI is InChI=1S/C35H49N3O9/c1-34-12-9-22(39)19-21(34)3-4-23-24-5-8-28(35(24,2)13-10-25(23)34)46-15-11-29(40)38-14-16-44-17-18-45-20-30(41)47-27-7-6-26(36)32(42)31(27)33(37)43/h3,6-7,23-25,28,42H,4-5,8-20,36H2,1-2H3,(H2,37,43)(H,38,40). The van der Waals surface area contributed by atoms with Crippen molar-refractivity contribution in [3.8, 4) is 11.5 Å². The van der Waals surface area contributed by atoms with E-state index in [9.17, 15) is 24.3 Å². The fourth-order valence-electron chi connectivity index (χ4n) is 8.79. The van der Waals surface area contributed by atoms with Crippen molar-refractivity contribution in [3.63, 3.8) is 0 Å². The Kier molecular flexibility index (Phi) is 10.9. The number of esters is 1. The summed E-state index contributed by atoms with van der Waals surface area (Å²) in [5, 5.41) is 12.8. The number of ether oxygens (including phenoxy) is 4. The van der Waals surface area contributed by atoms with Gasteiger partial charge in [0.25, 0.3) is 5.91 Å². The van der Waals surface area contributed by atoms with Gasteiger partial charge in [0.05, 0.1) is 38.2 Å². The van der Waals surface area contributed by atoms with E-state index in [1.165, 1.54) is 24.1 Å². The third-order valence-corrected chi connectivity index (χ3v) is 11.3. The number of benzene rings is 1. The second kappa shape index (κ2) is 14.7. The zero-order valence-electron chi connectivity index (χ0n) is 27.5. The van der Waals surface area contributed by atoms with Gasteiger partial charge < -0.3 is 40.8 Å². The Labute approximate surface area is 275 Å². The van der Waals surface area contributed by atoms with Gasteiger partial charge in [0.15, 0.2) is 5.75 Å². The van der Waals surface area contributed by atoms with Gasteiger partial charge >= 0.3 is 5.97 Å². The zero-order chi connectivity index (χ0) is 33.8. The number of rotatable bonds is 14. The van der Waals surface area contributed by atoms with Crippen molar-refractivity contribution in [2.45, 2.75) is 77.7 Å². The molecule has 6 N–H and O–H groups in total. The van der Waals surface area contributed by atoms with Crippen LogP contribution >= 0.6 is 0 Å². The van der Waals surface area contributed by atoms with Gasteiger partial charge in [0, 0.05) is 25.8 Å². The first-order valence-corrected chi connectivity index (χ1v) is 16.8. The maximum atomic E-state index is 12.4. The van der Waals surface area contributed by atoms with Crippen LogP contribution in [0.3, 0.4) is 0 Å². The fourth-order valence-corrected chi connectivity index (χ4v) is 8.79. The number of hydrogen-bond donors (Lipinski definition) is 4. The smallest absolute Gasteiger partial charge is 0.337 e. The third-order valence-electron chi connectivity index (χ3n) is 11.3. The SMILES string of the molecule is CC12CCC(=O)CC1=CCC1C2CCC2(C)C(OCCC(=O)NCCOCCOCC(=O)Oc3ccc(N)c(O)c3C(N)=O)CCC12. The molecule has 4 aliphatic carbocycles. The molecule has 0 radical (unpaired) electrons. The molecule has 0 saturated heterocycles. The number of carbonyl (C=O) groups is 4. The molecule has 12 heteroatoms. The maximum Gasteiger partial charge on any atom is 0.337 e. The van der Waals surface area contributed by atoms with E-state index in [1.807, 2.05) is 0 Å². The van der Waals surface area contributed by atoms with E-state index in [0.29, 0.717) is 49.5 Å². The number of aromatic hydroxyl groups is 1. The molecule has 6 unspecified atom stereocenters. The molecular weight excluding hydrogens is 606 g/mol. The predicted octanol–water partition coefficient (Wildman–Crippen LogP) is 3.44. The van der Waals surface area contributed by atoms with E-state index >= 15 is 0 Å². The van der Waals surface area contributed by atoms with Crippen LogP contribution in [0.2, 0.25) is 0 Å². The molecule has 0 aliphatic heterocycles. The van der Waals surface area contributed by atoms with Gasteiger partial charge in [-0.25, -0.2) is 4.79 Å². The van der Waals surface area contributed by atoms with Crippen LogP contribution < -0.4 is 21.5 Å². The van der Waals surface area contributed by atoms with Crippen LogP contribution in [0.1, 0.15) is 82.0 Å². The average Bonchev–Trinajstić information content (AvgIpc) is 3.36. The summed E-state index contributed by atoms with van der Waals surface area (Å²) in [5.74, 6) is -0.337. The number of anilines is 1. The van der Waals surface area contributed by atoms with Gasteiger partial charge in [0.1, 0.15) is 23.7 Å². The van der Waals surface area contributed by atoms with Crippen LogP contribution in [0.4, 0.5) is 5.69 Å². The predicted molar refractivity (Wildman–Crippen MR) is 172 cm³/mol. The summed E-state index contributed by atoms with van der Waals surface area (Å²) in [7, 11) is 0. The van der Waals surface area contributed by atoms with Crippen LogP contribution in [0, 0.1) is 28.6 Å². The number of nitrogens with two attached hydrogens (primary N) is 2. The topological polar surface area (TPSA) is 190 Å². The largest absolute Gasteiger partial charge is 0.505 e. The number of phenols is 1. The molecule has 0 aromatic heterocycles. The minimum atomic E-state index is -0.990. The molecule has 0 bridgehead atoms. The summed E-state index contributed by atoms with van der Waals surface area (Å²) in [4.78, 5) is 48.2. The van der Waals surface area contributed by atoms with Gasteiger partial charge in [-0.1, -0.05) is 25.5 Å². The highest BCUT2D eigenvalue weighted by Gasteiger charge is 2.59. The molecule has 2 amide bonds. The highest BCUT2D eigenvalue weighted by molar-refractivity contribution is 6.00. The molecule has 5 rings (SSSR count). The maximum absolute atomic E-state index is 12.4. The molecule has 0 heterocycles. The Bertz CT molecular complexity index is 1400. The van der Waals surface area contributed by atoms with Crippen molar-refractivity contribution >= 4 is 29.3 Å². The Morgan fingerprint density at radius 2 is 1.81 bits per heavy atom. The number of fused-ring (bicyclic) bond motifs is 5. The second-order valence-electron chi connectivity index (χ2n) is 13.9. The number of carbonyl (C=O) groups excluding carboxylic acids is 4. The molecule has 0 spiro atoms. The van der Waals surface area contributed by atoms with Crippen molar-refractivity contribution in [2.75, 3.05) is 45.3 Å². The molecule has 258 valence electrons. The first-order chi connectivity index (χ1) is 22.4. The third kappa shape index (κ3) is 7.49. The van der Waals surface area contributed by atoms with Crippen molar-refractivity contribution in [3.05, 3.63) is 29.3 Å². The second-order valence-corrected chi connectivity index (χ2v) is 13.9. The Morgan fingerprint density at radius 1 is 1.02 bits per heavy atom. The molecule has 3 saturated carbocycles. The Balaban J connectivity index is 0.937. The van der Waals surface area contributed by atoms with E-state index in [-0.39, 0.29) is 66.1 Å². The summed E-state index contributed by atoms with van der Waals surface area (Å²) < 4.78 is 22.1. The number of hydrogen-bond acceptors (Lipinski definition) is 10. The summed E-state index contributed by atoms with van der Waals surface area (Å²) in [6.45, 7) is 5.69. The number of primary amides is 1. The van der Waals surface area contributed by atoms with Crippen LogP contribution in [-0.4, -0.2) is 74.4 Å². The monoisotopic (exact) mass is 655 g/mol. The summed E-state index contributed by atoms with van der Waals surface area (Å²) in [6, 6.07) is 2.55. The number of nitrogens with one attached hydrogen (secondary N) is 1. The Morgan fingerprint density at radius 3 is 2.60 bits per heavy atom. The first kappa shape index (κ1) is 34.8. The van der Waals surface area contributed by atoms with Crippen LogP contribution in [0.25, 0.3) is 0 Å². The molecule has 1 aromatic rings. The van der Waals surface area contributed by atoms with Crippen LogP contribution in [-0.2, 0) is 28.6 Å². The summed E-state index contributed by atoms with van der Waals surface area (Å²) >= 11 is 0. The van der Waals surface area contributed by atoms with Crippen molar-refractivity contribution < 1.29 is 43.2 Å². The van der Waals surface area contributed by atoms with Gasteiger partial charge in [-0.15, -0.1) is 0 Å². The molecule has 6 atom stereocenters. The van der Waals surface area contributed by atoms with Gasteiger partial charge in [-0.3, -0.25) is 14.4 Å². The molecule has 3 fully saturated rings. The minimum absolute atomic E-state index is 0.0727. The molecule has 1 aromatic carbocycles. The highest BCUT2D eigenvalue weighted by Crippen LogP contribution is 2.65. The zero-order valence-corrected chi connectivity index (χ0v) is 27.5. The van der Waals surface area contributed by atoms with Gasteiger partial charge in [-0.2, -0.15) is 0 Å². The number of nitrogen functional groups attached to an aromatic ring is 1. The number of Topliss-reactive ketones (excluding diaryl/α,β-unsaturated/α-hetero) is 1. The van der Waals surface area contributed by atoms with E-state index in [1.54, 1.807) is 0 Å². The average molecular weight is 656 g/mol. The van der Waals surface area contributed by atoms with Gasteiger partial charge in [-0.05, 0) is 79.2 Å². The van der Waals surface area contributed by atoms with Crippen LogP contribution in [0.5, 0.6) is 11.5 Å².